The highest BCUT2D eigenvalue weighted by molar-refractivity contribution is 6.15. The van der Waals surface area contributed by atoms with E-state index < -0.39 is 51.9 Å². The number of carboxylic acid groups (broad SMARTS) is 4. The molecule has 0 unspecified atom stereocenters. The van der Waals surface area contributed by atoms with Crippen LogP contribution in [0.2, 0.25) is 0 Å². The van der Waals surface area contributed by atoms with E-state index in [-0.39, 0.29) is 0 Å². The molecule has 0 bridgehead atoms. The van der Waals surface area contributed by atoms with E-state index in [0.717, 1.165) is 12.9 Å². The minimum Gasteiger partial charge on any atom is -0.497 e. The summed E-state index contributed by atoms with van der Waals surface area (Å²) in [4.78, 5) is 44.3. The van der Waals surface area contributed by atoms with Crippen LogP contribution in [0.15, 0.2) is 36.4 Å². The van der Waals surface area contributed by atoms with Crippen molar-refractivity contribution in [2.45, 2.75) is 0 Å². The van der Waals surface area contributed by atoms with Gasteiger partial charge in [-0.3, -0.25) is 0 Å². The average Bonchev–Trinajstić information content (AvgIpc) is 2.66. The van der Waals surface area contributed by atoms with Crippen LogP contribution in [0.25, 0.3) is 0 Å². The molecule has 0 radical (unpaired) electrons. The van der Waals surface area contributed by atoms with Gasteiger partial charge in [0.1, 0.15) is 17.1 Å². The van der Waals surface area contributed by atoms with Crippen LogP contribution in [0, 0.1) is 0 Å². The zero-order valence-corrected chi connectivity index (χ0v) is 14.7. The second kappa shape index (κ2) is 9.57. The highest BCUT2D eigenvalue weighted by Gasteiger charge is 2.32. The Bertz CT molecular complexity index is 902. The summed E-state index contributed by atoms with van der Waals surface area (Å²) in [7, 11) is 2.66. The number of carbonyl (C=O) groups is 4. The Balaban J connectivity index is 0.000000406. The van der Waals surface area contributed by atoms with Crippen molar-refractivity contribution in [2.75, 3.05) is 14.2 Å². The van der Waals surface area contributed by atoms with E-state index in [9.17, 15) is 19.2 Å². The van der Waals surface area contributed by atoms with Crippen LogP contribution in [0.1, 0.15) is 41.4 Å². The Kier molecular flexibility index (Phi) is 7.51. The Morgan fingerprint density at radius 3 is 1.50 bits per heavy atom. The van der Waals surface area contributed by atoms with Gasteiger partial charge in [0.05, 0.1) is 30.9 Å². The van der Waals surface area contributed by atoms with Crippen LogP contribution in [0.5, 0.6) is 11.5 Å². The van der Waals surface area contributed by atoms with Gasteiger partial charge < -0.3 is 29.9 Å². The van der Waals surface area contributed by atoms with Gasteiger partial charge >= 0.3 is 23.9 Å². The van der Waals surface area contributed by atoms with E-state index >= 15 is 0 Å². The number of benzene rings is 2. The van der Waals surface area contributed by atoms with Crippen LogP contribution in [0.3, 0.4) is 0 Å². The average molecular weight is 392 g/mol. The molecule has 0 saturated heterocycles. The topological polar surface area (TPSA) is 168 Å². The lowest BCUT2D eigenvalue weighted by Crippen LogP contribution is -2.20. The van der Waals surface area contributed by atoms with Gasteiger partial charge in [-0.2, -0.15) is 0 Å². The molecular formula is C18H16O10. The second-order valence-corrected chi connectivity index (χ2v) is 4.99. The van der Waals surface area contributed by atoms with Gasteiger partial charge in [0.25, 0.3) is 0 Å². The largest absolute Gasteiger partial charge is 0.497 e. The number of methoxy groups -OCH3 is 2. The summed E-state index contributed by atoms with van der Waals surface area (Å²) in [5.41, 5.74) is -4.08. The molecule has 0 aliphatic heterocycles. The first-order chi connectivity index (χ1) is 13.1. The van der Waals surface area contributed by atoms with Gasteiger partial charge in [-0.05, 0) is 18.2 Å². The van der Waals surface area contributed by atoms with Gasteiger partial charge in [-0.15, -0.1) is 0 Å². The third kappa shape index (κ3) is 4.97. The first kappa shape index (κ1) is 22.0. The smallest absolute Gasteiger partial charge is 0.340 e. The number of carboxylic acids is 4. The molecule has 0 amide bonds. The minimum absolute atomic E-state index is 0.558. The van der Waals surface area contributed by atoms with Gasteiger partial charge in [-0.1, -0.05) is 18.2 Å². The molecule has 0 aliphatic carbocycles. The zero-order valence-electron chi connectivity index (χ0n) is 14.7. The van der Waals surface area contributed by atoms with Crippen molar-refractivity contribution in [3.8, 4) is 11.5 Å². The fourth-order valence-electron chi connectivity index (χ4n) is 2.19. The van der Waals surface area contributed by atoms with Crippen LogP contribution in [0.4, 0.5) is 0 Å². The molecule has 0 fully saturated rings. The minimum atomic E-state index is -1.89. The lowest BCUT2D eigenvalue weighted by Gasteiger charge is -2.13. The molecule has 0 spiro atoms. The highest BCUT2D eigenvalue weighted by atomic mass is 16.5. The standard InChI is InChI=1S/C11H8O9.C7H8O/c1-20-4-2-3(8(12)13)5(9(14)15)7(11(18)19)6(4)10(16)17;1-8-7-5-3-2-4-6-7/h2H,1H3,(H,12,13)(H,14,15)(H,16,17)(H,18,19);2-6H,1H3. The van der Waals surface area contributed by atoms with E-state index in [2.05, 4.69) is 4.74 Å². The van der Waals surface area contributed by atoms with Gasteiger partial charge in [-0.25, -0.2) is 19.2 Å². The van der Waals surface area contributed by atoms with Crippen molar-refractivity contribution in [3.63, 3.8) is 0 Å². The third-order valence-corrected chi connectivity index (χ3v) is 3.36. The van der Waals surface area contributed by atoms with Gasteiger partial charge in [0.2, 0.25) is 0 Å². The van der Waals surface area contributed by atoms with E-state index in [1.54, 1.807) is 7.11 Å². The number of aromatic carboxylic acids is 4. The summed E-state index contributed by atoms with van der Waals surface area (Å²) >= 11 is 0. The Labute approximate surface area is 158 Å². The van der Waals surface area contributed by atoms with Crippen molar-refractivity contribution in [3.05, 3.63) is 58.7 Å². The maximum atomic E-state index is 11.1. The summed E-state index contributed by atoms with van der Waals surface area (Å²) in [6.07, 6.45) is 0. The molecule has 0 saturated carbocycles. The van der Waals surface area contributed by atoms with Gasteiger partial charge in [0, 0.05) is 0 Å². The summed E-state index contributed by atoms with van der Waals surface area (Å²) in [5.74, 6) is -6.88. The molecule has 2 aromatic carbocycles. The van der Waals surface area contributed by atoms with Crippen molar-refractivity contribution in [2.24, 2.45) is 0 Å². The van der Waals surface area contributed by atoms with Crippen LogP contribution in [-0.2, 0) is 0 Å². The molecule has 148 valence electrons. The summed E-state index contributed by atoms with van der Waals surface area (Å²) in [6.45, 7) is 0. The van der Waals surface area contributed by atoms with E-state index in [1.807, 2.05) is 30.3 Å². The quantitative estimate of drug-likeness (QED) is 0.572. The molecule has 2 aromatic rings. The van der Waals surface area contributed by atoms with Crippen molar-refractivity contribution in [1.29, 1.82) is 0 Å². The molecule has 0 aliphatic rings. The van der Waals surface area contributed by atoms with E-state index in [4.69, 9.17) is 25.2 Å². The van der Waals surface area contributed by atoms with Crippen LogP contribution in [-0.4, -0.2) is 58.5 Å². The molecular weight excluding hydrogens is 376 g/mol. The predicted molar refractivity (Wildman–Crippen MR) is 93.8 cm³/mol. The first-order valence-electron chi connectivity index (χ1n) is 7.42. The normalized spacial score (nSPS) is 9.50. The van der Waals surface area contributed by atoms with Crippen molar-refractivity contribution < 1.29 is 49.1 Å². The molecule has 2 rings (SSSR count). The predicted octanol–water partition coefficient (Wildman–Crippen LogP) is 2.18. The van der Waals surface area contributed by atoms with Gasteiger partial charge in [0.15, 0.2) is 0 Å². The molecule has 10 heteroatoms. The molecule has 0 heterocycles. The number of ether oxygens (including phenoxy) is 2. The zero-order chi connectivity index (χ0) is 21.4. The third-order valence-electron chi connectivity index (χ3n) is 3.36. The van der Waals surface area contributed by atoms with E-state index in [1.165, 1.54) is 0 Å². The molecule has 10 nitrogen and oxygen atoms in total. The maximum Gasteiger partial charge on any atom is 0.340 e. The Morgan fingerprint density at radius 2 is 1.18 bits per heavy atom. The number of rotatable bonds is 6. The molecule has 0 aromatic heterocycles. The van der Waals surface area contributed by atoms with Crippen molar-refractivity contribution >= 4 is 23.9 Å². The number of para-hydroxylation sites is 1. The maximum absolute atomic E-state index is 11.1. The Hall–Kier alpha value is -4.08. The molecule has 28 heavy (non-hydrogen) atoms. The lowest BCUT2D eigenvalue weighted by atomic mass is 9.94. The van der Waals surface area contributed by atoms with Crippen LogP contribution < -0.4 is 9.47 Å². The fourth-order valence-corrected chi connectivity index (χ4v) is 2.19. The summed E-state index contributed by atoms with van der Waals surface area (Å²) < 4.78 is 9.54. The number of hydrogen-bond acceptors (Lipinski definition) is 6. The van der Waals surface area contributed by atoms with Crippen LogP contribution >= 0.6 is 0 Å². The highest BCUT2D eigenvalue weighted by Crippen LogP contribution is 2.29. The monoisotopic (exact) mass is 392 g/mol. The fraction of sp³-hybridized carbons (Fsp3) is 0.111. The SMILES string of the molecule is COc1cc(C(=O)O)c(C(=O)O)c(C(=O)O)c1C(=O)O.COc1ccccc1. The first-order valence-corrected chi connectivity index (χ1v) is 7.42. The lowest BCUT2D eigenvalue weighted by molar-refractivity contribution is 0.0617. The van der Waals surface area contributed by atoms with E-state index in [0.29, 0.717) is 6.07 Å². The summed E-state index contributed by atoms with van der Waals surface area (Å²) in [5, 5.41) is 35.8. The molecule has 4 N–H and O–H groups in total. The summed E-state index contributed by atoms with van der Waals surface area (Å²) in [6, 6.07) is 10.3. The number of hydrogen-bond donors (Lipinski definition) is 4. The molecule has 0 atom stereocenters. The van der Waals surface area contributed by atoms with Crippen molar-refractivity contribution in [1.82, 2.24) is 0 Å². The Morgan fingerprint density at radius 1 is 0.679 bits per heavy atom. The second-order valence-electron chi connectivity index (χ2n) is 4.99.